The molecule has 3 heterocycles. The quantitative estimate of drug-likeness (QED) is 0.0303. The zero-order valence-corrected chi connectivity index (χ0v) is 32.7. The van der Waals surface area contributed by atoms with Gasteiger partial charge in [0.2, 0.25) is 16.7 Å². The fourth-order valence-electron chi connectivity index (χ4n) is 6.68. The summed E-state index contributed by atoms with van der Waals surface area (Å²) in [6, 6.07) is 36.2. The molecule has 14 heteroatoms. The van der Waals surface area contributed by atoms with E-state index >= 15 is 0 Å². The fraction of sp³-hybridized carbons (Fsp3) is 0.163. The van der Waals surface area contributed by atoms with Gasteiger partial charge in [-0.05, 0) is 40.0 Å². The molecule has 2 aliphatic heterocycles. The van der Waals surface area contributed by atoms with Crippen molar-refractivity contribution in [3.63, 3.8) is 0 Å². The van der Waals surface area contributed by atoms with E-state index in [1.165, 1.54) is 23.8 Å². The van der Waals surface area contributed by atoms with Crippen LogP contribution in [0, 0.1) is 0 Å². The predicted molar refractivity (Wildman–Crippen MR) is 220 cm³/mol. The molecule has 0 radical (unpaired) electrons. The first-order valence-electron chi connectivity index (χ1n) is 17.9. The molecule has 0 aliphatic carbocycles. The molecule has 2 atom stereocenters. The Kier molecular flexibility index (Phi) is 11.9. The number of methoxy groups -OCH3 is 1. The van der Waals surface area contributed by atoms with Crippen LogP contribution in [0.25, 0.3) is 0 Å². The van der Waals surface area contributed by atoms with Gasteiger partial charge in [0, 0.05) is 17.3 Å². The number of rotatable bonds is 15. The van der Waals surface area contributed by atoms with Crippen LogP contribution < -0.4 is 15.4 Å². The van der Waals surface area contributed by atoms with Crippen molar-refractivity contribution in [2.24, 2.45) is 5.16 Å². The number of esters is 1. The Balaban J connectivity index is 1.12. The molecule has 0 bridgehead atoms. The van der Waals surface area contributed by atoms with Crippen molar-refractivity contribution in [1.29, 1.82) is 0 Å². The van der Waals surface area contributed by atoms with E-state index in [9.17, 15) is 14.4 Å². The summed E-state index contributed by atoms with van der Waals surface area (Å²) in [4.78, 5) is 52.4. The lowest BCUT2D eigenvalue weighted by Gasteiger charge is -2.49. The number of amides is 2. The van der Waals surface area contributed by atoms with Gasteiger partial charge in [0.05, 0.1) is 7.11 Å². The van der Waals surface area contributed by atoms with Crippen LogP contribution in [0.4, 0.5) is 5.13 Å². The molecule has 57 heavy (non-hydrogen) atoms. The largest absolute Gasteiger partial charge is 0.497 e. The number of carbonyl (C=O) groups is 3. The molecular formula is C43H38N6O6S2. The van der Waals surface area contributed by atoms with Gasteiger partial charge in [0.15, 0.2) is 0 Å². The second-order valence-corrected chi connectivity index (χ2v) is 14.6. The molecular weight excluding hydrogens is 761 g/mol. The summed E-state index contributed by atoms with van der Waals surface area (Å²) < 4.78 is 15.4. The zero-order chi connectivity index (χ0) is 39.8. The third kappa shape index (κ3) is 7.95. The second-order valence-electron chi connectivity index (χ2n) is 12.8. The summed E-state index contributed by atoms with van der Waals surface area (Å²) >= 11 is 2.46. The van der Waals surface area contributed by atoms with E-state index in [1.54, 1.807) is 49.6 Å². The zero-order valence-electron chi connectivity index (χ0n) is 31.0. The van der Waals surface area contributed by atoms with Crippen molar-refractivity contribution in [2.75, 3.05) is 25.3 Å². The topological polar surface area (TPSA) is 144 Å². The summed E-state index contributed by atoms with van der Waals surface area (Å²) in [7, 11) is 2.88. The van der Waals surface area contributed by atoms with Crippen LogP contribution in [-0.2, 0) is 36.1 Å². The predicted octanol–water partition coefficient (Wildman–Crippen LogP) is 6.44. The number of hydrogen-bond donors (Lipinski definition) is 2. The highest BCUT2D eigenvalue weighted by Gasteiger charge is 2.54. The number of fused-ring (bicyclic) bond motifs is 1. The first-order chi connectivity index (χ1) is 27.9. The molecule has 2 unspecified atom stereocenters. The number of thioether (sulfide) groups is 1. The van der Waals surface area contributed by atoms with Gasteiger partial charge in [0.25, 0.3) is 11.8 Å². The number of benzene rings is 4. The Morgan fingerprint density at radius 2 is 1.54 bits per heavy atom. The minimum atomic E-state index is -0.975. The first-order valence-corrected chi connectivity index (χ1v) is 19.7. The van der Waals surface area contributed by atoms with E-state index in [4.69, 9.17) is 19.3 Å². The highest BCUT2D eigenvalue weighted by Crippen LogP contribution is 2.42. The molecule has 0 spiro atoms. The molecule has 2 amide bonds. The molecule has 1 fully saturated rings. The van der Waals surface area contributed by atoms with Gasteiger partial charge in [-0.2, -0.15) is 9.36 Å². The van der Waals surface area contributed by atoms with E-state index in [-0.39, 0.29) is 23.8 Å². The minimum Gasteiger partial charge on any atom is -0.497 e. The number of carbonyl (C=O) groups excluding carboxylic acids is 3. The summed E-state index contributed by atoms with van der Waals surface area (Å²) in [5, 5.41) is 10.3. The smallest absolute Gasteiger partial charge is 0.355 e. The number of hydrogen-bond acceptors (Lipinski definition) is 12. The van der Waals surface area contributed by atoms with Crippen LogP contribution in [0.5, 0.6) is 5.75 Å². The Morgan fingerprint density at radius 1 is 0.930 bits per heavy atom. The molecule has 1 aromatic heterocycles. The Hall–Kier alpha value is -6.51. The van der Waals surface area contributed by atoms with E-state index in [2.05, 4.69) is 26.7 Å². The van der Waals surface area contributed by atoms with Crippen molar-refractivity contribution in [3.05, 3.63) is 179 Å². The SMILES string of the molecule is C=C/C=C/C1=C(C(=O)OCc2ccc(OC)cc2)N2C(=O)C(NC(=O)/C(=N\OC)c3nsc(NC(c4ccccc4)(c4ccccc4)c4ccccc4)n3)C2SC1. The Bertz CT molecular complexity index is 2240. The van der Waals surface area contributed by atoms with Crippen molar-refractivity contribution < 1.29 is 28.7 Å². The first kappa shape index (κ1) is 38.8. The maximum atomic E-state index is 13.9. The van der Waals surface area contributed by atoms with Gasteiger partial charge in [0.1, 0.15) is 42.1 Å². The lowest BCUT2D eigenvalue weighted by atomic mass is 9.77. The van der Waals surface area contributed by atoms with Gasteiger partial charge >= 0.3 is 5.97 Å². The van der Waals surface area contributed by atoms with Crippen LogP contribution in [0.3, 0.4) is 0 Å². The molecule has 12 nitrogen and oxygen atoms in total. The Morgan fingerprint density at radius 3 is 2.11 bits per heavy atom. The van der Waals surface area contributed by atoms with E-state index < -0.39 is 34.7 Å². The molecule has 2 aliphatic rings. The summed E-state index contributed by atoms with van der Waals surface area (Å²) in [5.41, 5.74) is 3.23. The van der Waals surface area contributed by atoms with Crippen molar-refractivity contribution in [2.45, 2.75) is 23.6 Å². The van der Waals surface area contributed by atoms with Crippen molar-refractivity contribution in [1.82, 2.24) is 19.6 Å². The van der Waals surface area contributed by atoms with E-state index in [1.807, 2.05) is 91.0 Å². The number of allylic oxidation sites excluding steroid dienone is 3. The maximum absolute atomic E-state index is 13.9. The number of β-lactam (4-membered cyclic amide) rings is 1. The van der Waals surface area contributed by atoms with Crippen LogP contribution >= 0.6 is 23.3 Å². The van der Waals surface area contributed by atoms with Crippen molar-refractivity contribution >= 4 is 51.9 Å². The van der Waals surface area contributed by atoms with E-state index in [0.717, 1.165) is 33.8 Å². The normalized spacial score (nSPS) is 16.7. The average molecular weight is 799 g/mol. The van der Waals surface area contributed by atoms with Crippen molar-refractivity contribution in [3.8, 4) is 5.75 Å². The lowest BCUT2D eigenvalue weighted by Crippen LogP contribution is -2.71. The summed E-state index contributed by atoms with van der Waals surface area (Å²) in [5.74, 6) is -0.802. The molecule has 1 saturated heterocycles. The monoisotopic (exact) mass is 798 g/mol. The van der Waals surface area contributed by atoms with Gasteiger partial charge in [-0.3, -0.25) is 14.5 Å². The minimum absolute atomic E-state index is 0.00408. The lowest BCUT2D eigenvalue weighted by molar-refractivity contribution is -0.153. The molecule has 0 saturated carbocycles. The number of nitrogens with zero attached hydrogens (tertiary/aromatic N) is 4. The van der Waals surface area contributed by atoms with Crippen LogP contribution in [0.2, 0.25) is 0 Å². The third-order valence-electron chi connectivity index (χ3n) is 9.39. The van der Waals surface area contributed by atoms with Crippen LogP contribution in [-0.4, -0.2) is 69.1 Å². The molecule has 7 rings (SSSR count). The number of aromatic nitrogens is 2. The number of nitrogens with one attached hydrogen (secondary N) is 2. The third-order valence-corrected chi connectivity index (χ3v) is 11.3. The summed E-state index contributed by atoms with van der Waals surface area (Å²) in [6.45, 7) is 3.71. The number of ether oxygens (including phenoxy) is 2. The Labute approximate surface area is 338 Å². The highest BCUT2D eigenvalue weighted by atomic mass is 32.2. The molecule has 4 aromatic carbocycles. The van der Waals surface area contributed by atoms with Gasteiger partial charge in [-0.25, -0.2) is 4.79 Å². The molecule has 5 aromatic rings. The van der Waals surface area contributed by atoms with Crippen LogP contribution in [0.15, 0.2) is 156 Å². The van der Waals surface area contributed by atoms with E-state index in [0.29, 0.717) is 22.2 Å². The highest BCUT2D eigenvalue weighted by molar-refractivity contribution is 8.00. The molecule has 288 valence electrons. The van der Waals surface area contributed by atoms with Crippen LogP contribution in [0.1, 0.15) is 28.1 Å². The standard InChI is InChI=1S/C43H38N6O6S2/c1-4-5-15-29-27-56-40-35(39(51)49(40)36(29)41(52)55-26-28-22-24-33(53-2)25-23-28)44-38(50)34(47-54-3)37-45-42(57-48-37)46-43(30-16-9-6-10-17-30,31-18-11-7-12-19-31)32-20-13-8-14-21-32/h4-25,35,40H,1,26-27H2,2-3H3,(H,44,50)(H,45,46,48)/b15-5+,47-34-. The van der Waals surface area contributed by atoms with Gasteiger partial charge in [-0.1, -0.05) is 133 Å². The fourth-order valence-corrected chi connectivity index (χ4v) is 8.62. The van der Waals surface area contributed by atoms with Gasteiger partial charge < -0.3 is 24.9 Å². The second kappa shape index (κ2) is 17.5. The number of oxime groups is 1. The summed E-state index contributed by atoms with van der Waals surface area (Å²) in [6.07, 6.45) is 5.00. The maximum Gasteiger partial charge on any atom is 0.355 e. The molecule has 2 N–H and O–H groups in total. The number of anilines is 1. The van der Waals surface area contributed by atoms with Gasteiger partial charge in [-0.15, -0.1) is 11.8 Å². The average Bonchev–Trinajstić information content (AvgIpc) is 3.73.